The molecular weight excluding hydrogens is 280 g/mol. The maximum absolute atomic E-state index is 12.2. The van der Waals surface area contributed by atoms with Gasteiger partial charge in [-0.1, -0.05) is 18.2 Å². The van der Waals surface area contributed by atoms with E-state index in [0.29, 0.717) is 11.3 Å². The lowest BCUT2D eigenvalue weighted by atomic mass is 10.1. The molecule has 1 unspecified atom stereocenters. The number of hydrogen-bond acceptors (Lipinski definition) is 3. The number of thioether (sulfide) groups is 1. The van der Waals surface area contributed by atoms with Crippen molar-refractivity contribution in [2.24, 2.45) is 0 Å². The molecule has 0 radical (unpaired) electrons. The fourth-order valence-electron chi connectivity index (χ4n) is 2.04. The van der Waals surface area contributed by atoms with E-state index in [1.54, 1.807) is 23.9 Å². The van der Waals surface area contributed by atoms with Gasteiger partial charge in [0.05, 0.1) is 6.04 Å². The second kappa shape index (κ2) is 6.68. The summed E-state index contributed by atoms with van der Waals surface area (Å²) in [5, 5.41) is 3.00. The lowest BCUT2D eigenvalue weighted by Gasteiger charge is -2.15. The molecule has 4 heteroatoms. The standard InChI is InChI=1S/C17H20N2OS/c1-11-4-5-14(10-16(11)18)17(20)19-12(2)13-6-8-15(21-3)9-7-13/h4-10,12H,18H2,1-3H3,(H,19,20). The second-order valence-electron chi connectivity index (χ2n) is 5.04. The van der Waals surface area contributed by atoms with Gasteiger partial charge in [-0.15, -0.1) is 11.8 Å². The number of amides is 1. The third-order valence-electron chi connectivity index (χ3n) is 3.50. The average molecular weight is 300 g/mol. The number of benzene rings is 2. The summed E-state index contributed by atoms with van der Waals surface area (Å²) in [5.41, 5.74) is 9.14. The van der Waals surface area contributed by atoms with Gasteiger partial charge in [-0.05, 0) is 55.5 Å². The van der Waals surface area contributed by atoms with Crippen LogP contribution in [0.15, 0.2) is 47.4 Å². The molecule has 0 aliphatic carbocycles. The number of carbonyl (C=O) groups excluding carboxylic acids is 1. The molecule has 0 aliphatic rings. The van der Waals surface area contributed by atoms with E-state index >= 15 is 0 Å². The first-order valence-corrected chi connectivity index (χ1v) is 8.04. The van der Waals surface area contributed by atoms with E-state index in [1.807, 2.05) is 38.3 Å². The summed E-state index contributed by atoms with van der Waals surface area (Å²) in [7, 11) is 0. The Hall–Kier alpha value is -1.94. The summed E-state index contributed by atoms with van der Waals surface area (Å²) < 4.78 is 0. The Morgan fingerprint density at radius 2 is 1.86 bits per heavy atom. The first kappa shape index (κ1) is 15.4. The Kier molecular flexibility index (Phi) is 4.91. The van der Waals surface area contributed by atoms with Crippen LogP contribution in [0.1, 0.15) is 34.5 Å². The first-order valence-electron chi connectivity index (χ1n) is 6.82. The van der Waals surface area contributed by atoms with E-state index in [9.17, 15) is 4.79 Å². The van der Waals surface area contributed by atoms with Crippen LogP contribution >= 0.6 is 11.8 Å². The van der Waals surface area contributed by atoms with Crippen molar-refractivity contribution in [3.8, 4) is 0 Å². The molecule has 3 nitrogen and oxygen atoms in total. The van der Waals surface area contributed by atoms with Gasteiger partial charge >= 0.3 is 0 Å². The van der Waals surface area contributed by atoms with Crippen LogP contribution in [-0.4, -0.2) is 12.2 Å². The molecule has 0 aliphatic heterocycles. The van der Waals surface area contributed by atoms with Crippen LogP contribution in [-0.2, 0) is 0 Å². The highest BCUT2D eigenvalue weighted by atomic mass is 32.2. The van der Waals surface area contributed by atoms with Crippen LogP contribution in [0.5, 0.6) is 0 Å². The van der Waals surface area contributed by atoms with Gasteiger partial charge in [-0.25, -0.2) is 0 Å². The van der Waals surface area contributed by atoms with Crippen molar-refractivity contribution in [2.75, 3.05) is 12.0 Å². The molecule has 21 heavy (non-hydrogen) atoms. The van der Waals surface area contributed by atoms with Crippen molar-refractivity contribution in [3.05, 3.63) is 59.2 Å². The molecule has 110 valence electrons. The molecule has 2 aromatic rings. The van der Waals surface area contributed by atoms with Gasteiger partial charge in [0, 0.05) is 16.1 Å². The Labute approximate surface area is 129 Å². The lowest BCUT2D eigenvalue weighted by Crippen LogP contribution is -2.26. The van der Waals surface area contributed by atoms with Gasteiger partial charge in [0.2, 0.25) is 0 Å². The minimum Gasteiger partial charge on any atom is -0.398 e. The minimum absolute atomic E-state index is 0.0454. The number of hydrogen-bond donors (Lipinski definition) is 2. The van der Waals surface area contributed by atoms with Crippen molar-refractivity contribution in [2.45, 2.75) is 24.8 Å². The van der Waals surface area contributed by atoms with Crippen LogP contribution < -0.4 is 11.1 Å². The highest BCUT2D eigenvalue weighted by molar-refractivity contribution is 7.98. The molecule has 0 spiro atoms. The van der Waals surface area contributed by atoms with Crippen molar-refractivity contribution in [1.29, 1.82) is 0 Å². The number of aryl methyl sites for hydroxylation is 1. The SMILES string of the molecule is CSc1ccc(C(C)NC(=O)c2ccc(C)c(N)c2)cc1. The molecule has 0 heterocycles. The van der Waals surface area contributed by atoms with Gasteiger partial charge in [0.15, 0.2) is 0 Å². The zero-order valence-corrected chi connectivity index (χ0v) is 13.3. The Bertz CT molecular complexity index is 638. The summed E-state index contributed by atoms with van der Waals surface area (Å²) in [5.74, 6) is -0.108. The van der Waals surface area contributed by atoms with Crippen molar-refractivity contribution in [3.63, 3.8) is 0 Å². The molecule has 2 rings (SSSR count). The quantitative estimate of drug-likeness (QED) is 0.667. The maximum Gasteiger partial charge on any atom is 0.251 e. The molecule has 0 aromatic heterocycles. The predicted octanol–water partition coefficient (Wildman–Crippen LogP) is 3.79. The summed E-state index contributed by atoms with van der Waals surface area (Å²) in [6.45, 7) is 3.90. The highest BCUT2D eigenvalue weighted by Crippen LogP contribution is 2.20. The molecule has 0 saturated carbocycles. The fourth-order valence-corrected chi connectivity index (χ4v) is 2.45. The molecule has 2 aromatic carbocycles. The van der Waals surface area contributed by atoms with E-state index in [-0.39, 0.29) is 11.9 Å². The minimum atomic E-state index is -0.108. The number of nitrogens with two attached hydrogens (primary N) is 1. The van der Waals surface area contributed by atoms with E-state index < -0.39 is 0 Å². The smallest absolute Gasteiger partial charge is 0.251 e. The van der Waals surface area contributed by atoms with Crippen molar-refractivity contribution in [1.82, 2.24) is 5.32 Å². The van der Waals surface area contributed by atoms with Gasteiger partial charge < -0.3 is 11.1 Å². The Balaban J connectivity index is 2.08. The van der Waals surface area contributed by atoms with Crippen LogP contribution in [0.25, 0.3) is 0 Å². The monoisotopic (exact) mass is 300 g/mol. The lowest BCUT2D eigenvalue weighted by molar-refractivity contribution is 0.0940. The van der Waals surface area contributed by atoms with E-state index in [1.165, 1.54) is 4.90 Å². The third-order valence-corrected chi connectivity index (χ3v) is 4.25. The largest absolute Gasteiger partial charge is 0.398 e. The van der Waals surface area contributed by atoms with Gasteiger partial charge in [0.25, 0.3) is 5.91 Å². The Morgan fingerprint density at radius 3 is 2.43 bits per heavy atom. The first-order chi connectivity index (χ1) is 10.0. The van der Waals surface area contributed by atoms with Crippen LogP contribution in [0.3, 0.4) is 0 Å². The molecule has 1 amide bonds. The second-order valence-corrected chi connectivity index (χ2v) is 5.92. The summed E-state index contributed by atoms with van der Waals surface area (Å²) in [6.07, 6.45) is 2.04. The van der Waals surface area contributed by atoms with Gasteiger partial charge in [-0.2, -0.15) is 0 Å². The topological polar surface area (TPSA) is 55.1 Å². The summed E-state index contributed by atoms with van der Waals surface area (Å²) >= 11 is 1.70. The highest BCUT2D eigenvalue weighted by Gasteiger charge is 2.12. The van der Waals surface area contributed by atoms with Gasteiger partial charge in [-0.3, -0.25) is 4.79 Å². The number of nitrogens with one attached hydrogen (secondary N) is 1. The van der Waals surface area contributed by atoms with E-state index in [0.717, 1.165) is 11.1 Å². The molecule has 0 saturated heterocycles. The summed E-state index contributed by atoms with van der Waals surface area (Å²) in [4.78, 5) is 13.5. The average Bonchev–Trinajstić information content (AvgIpc) is 2.50. The fraction of sp³-hybridized carbons (Fsp3) is 0.235. The van der Waals surface area contributed by atoms with Gasteiger partial charge in [0.1, 0.15) is 0 Å². The maximum atomic E-state index is 12.2. The third kappa shape index (κ3) is 3.79. The number of anilines is 1. The van der Waals surface area contributed by atoms with E-state index in [4.69, 9.17) is 5.73 Å². The van der Waals surface area contributed by atoms with Crippen LogP contribution in [0.2, 0.25) is 0 Å². The molecule has 0 fully saturated rings. The summed E-state index contributed by atoms with van der Waals surface area (Å²) in [6, 6.07) is 13.5. The molecule has 3 N–H and O–H groups in total. The Morgan fingerprint density at radius 1 is 1.19 bits per heavy atom. The predicted molar refractivity (Wildman–Crippen MR) is 89.7 cm³/mol. The zero-order chi connectivity index (χ0) is 15.4. The van der Waals surface area contributed by atoms with E-state index in [2.05, 4.69) is 17.4 Å². The number of nitrogen functional groups attached to an aromatic ring is 1. The molecule has 1 atom stereocenters. The van der Waals surface area contributed by atoms with Crippen molar-refractivity contribution < 1.29 is 4.79 Å². The van der Waals surface area contributed by atoms with Crippen LogP contribution in [0.4, 0.5) is 5.69 Å². The normalized spacial score (nSPS) is 12.0. The number of rotatable bonds is 4. The zero-order valence-electron chi connectivity index (χ0n) is 12.5. The molecule has 0 bridgehead atoms. The van der Waals surface area contributed by atoms with Crippen LogP contribution in [0, 0.1) is 6.92 Å². The number of carbonyl (C=O) groups is 1. The van der Waals surface area contributed by atoms with Crippen molar-refractivity contribution >= 4 is 23.4 Å². The molecular formula is C17H20N2OS.